The Morgan fingerprint density at radius 1 is 1.25 bits per heavy atom. The zero-order chi connectivity index (χ0) is 17.6. The van der Waals surface area contributed by atoms with Crippen LogP contribution in [0.5, 0.6) is 0 Å². The van der Waals surface area contributed by atoms with Crippen LogP contribution in [0.1, 0.15) is 24.8 Å². The van der Waals surface area contributed by atoms with Gasteiger partial charge < -0.3 is 10.6 Å². The maximum absolute atomic E-state index is 13.3. The highest BCUT2D eigenvalue weighted by molar-refractivity contribution is 5.83. The molecular formula is C17H24F3N3O. The summed E-state index contributed by atoms with van der Waals surface area (Å²) >= 11 is 0. The fourth-order valence-electron chi connectivity index (χ4n) is 3.02. The average molecular weight is 343 g/mol. The summed E-state index contributed by atoms with van der Waals surface area (Å²) in [5.74, 6) is -0.781. The second-order valence-electron chi connectivity index (χ2n) is 5.96. The van der Waals surface area contributed by atoms with Gasteiger partial charge in [0.25, 0.3) is 0 Å². The molecule has 2 rings (SSSR count). The third-order valence-electron chi connectivity index (χ3n) is 4.37. The molecule has 1 fully saturated rings. The van der Waals surface area contributed by atoms with Crippen molar-refractivity contribution in [3.05, 3.63) is 35.9 Å². The van der Waals surface area contributed by atoms with Crippen LogP contribution < -0.4 is 10.6 Å². The van der Waals surface area contributed by atoms with Crippen molar-refractivity contribution >= 4 is 5.91 Å². The Morgan fingerprint density at radius 3 is 2.42 bits per heavy atom. The van der Waals surface area contributed by atoms with Gasteiger partial charge in [0.05, 0.1) is 5.92 Å². The molecule has 0 saturated carbocycles. The van der Waals surface area contributed by atoms with Crippen molar-refractivity contribution in [2.45, 2.75) is 31.5 Å². The van der Waals surface area contributed by atoms with E-state index in [1.165, 1.54) is 4.90 Å². The highest BCUT2D eigenvalue weighted by Gasteiger charge is 2.44. The lowest BCUT2D eigenvalue weighted by molar-refractivity contribution is -0.184. The molecule has 2 N–H and O–H groups in total. The number of hydrogen-bond acceptors (Lipinski definition) is 3. The number of benzene rings is 1. The van der Waals surface area contributed by atoms with E-state index in [-0.39, 0.29) is 5.91 Å². The Hall–Kier alpha value is -1.60. The zero-order valence-electron chi connectivity index (χ0n) is 13.8. The predicted molar refractivity (Wildman–Crippen MR) is 86.8 cm³/mol. The number of amides is 1. The van der Waals surface area contributed by atoms with Gasteiger partial charge in [-0.3, -0.25) is 9.69 Å². The SMILES string of the molecule is CCC(C(=O)NCC(N1CCNCC1)C(F)(F)F)c1ccccc1. The van der Waals surface area contributed by atoms with E-state index in [1.54, 1.807) is 0 Å². The molecular weight excluding hydrogens is 319 g/mol. The van der Waals surface area contributed by atoms with Gasteiger partial charge in [-0.2, -0.15) is 13.2 Å². The molecule has 134 valence electrons. The zero-order valence-corrected chi connectivity index (χ0v) is 13.8. The highest BCUT2D eigenvalue weighted by Crippen LogP contribution is 2.25. The van der Waals surface area contributed by atoms with Gasteiger partial charge in [0.1, 0.15) is 6.04 Å². The maximum atomic E-state index is 13.3. The minimum absolute atomic E-state index is 0.329. The van der Waals surface area contributed by atoms with E-state index in [0.29, 0.717) is 32.6 Å². The largest absolute Gasteiger partial charge is 0.405 e. The summed E-state index contributed by atoms with van der Waals surface area (Å²) in [6, 6.07) is 7.50. The predicted octanol–water partition coefficient (Wildman–Crippen LogP) is 2.13. The van der Waals surface area contributed by atoms with E-state index in [2.05, 4.69) is 10.6 Å². The minimum Gasteiger partial charge on any atom is -0.354 e. The summed E-state index contributed by atoms with van der Waals surface area (Å²) in [5, 5.41) is 5.55. The third kappa shape index (κ3) is 4.95. The second-order valence-corrected chi connectivity index (χ2v) is 5.96. The Kier molecular flexibility index (Phi) is 6.62. The molecule has 1 saturated heterocycles. The number of nitrogens with zero attached hydrogens (tertiary/aromatic N) is 1. The number of rotatable bonds is 6. The van der Waals surface area contributed by atoms with Crippen molar-refractivity contribution in [2.24, 2.45) is 0 Å². The van der Waals surface area contributed by atoms with Gasteiger partial charge in [-0.05, 0) is 12.0 Å². The molecule has 1 aliphatic rings. The van der Waals surface area contributed by atoms with Gasteiger partial charge in [-0.15, -0.1) is 0 Å². The quantitative estimate of drug-likeness (QED) is 0.832. The first-order chi connectivity index (χ1) is 11.4. The van der Waals surface area contributed by atoms with Gasteiger partial charge in [-0.25, -0.2) is 0 Å². The van der Waals surface area contributed by atoms with Gasteiger partial charge in [0.2, 0.25) is 5.91 Å². The number of piperazine rings is 1. The van der Waals surface area contributed by atoms with Crippen molar-refractivity contribution in [3.8, 4) is 0 Å². The summed E-state index contributed by atoms with van der Waals surface area (Å²) in [7, 11) is 0. The molecule has 1 aromatic carbocycles. The smallest absolute Gasteiger partial charge is 0.354 e. The molecule has 0 bridgehead atoms. The summed E-state index contributed by atoms with van der Waals surface area (Å²) in [6.45, 7) is 3.16. The summed E-state index contributed by atoms with van der Waals surface area (Å²) in [4.78, 5) is 13.8. The number of nitrogens with one attached hydrogen (secondary N) is 2. The lowest BCUT2D eigenvalue weighted by Crippen LogP contribution is -2.57. The Balaban J connectivity index is 2.00. The van der Waals surface area contributed by atoms with Gasteiger partial charge in [0, 0.05) is 32.7 Å². The van der Waals surface area contributed by atoms with Crippen LogP contribution in [0.4, 0.5) is 13.2 Å². The first-order valence-electron chi connectivity index (χ1n) is 8.27. The van der Waals surface area contributed by atoms with Crippen molar-refractivity contribution in [3.63, 3.8) is 0 Å². The highest BCUT2D eigenvalue weighted by atomic mass is 19.4. The van der Waals surface area contributed by atoms with Gasteiger partial charge >= 0.3 is 6.18 Å². The summed E-state index contributed by atoms with van der Waals surface area (Å²) in [5.41, 5.74) is 0.822. The van der Waals surface area contributed by atoms with E-state index in [9.17, 15) is 18.0 Å². The minimum atomic E-state index is -4.36. The molecule has 1 aromatic rings. The average Bonchev–Trinajstić information content (AvgIpc) is 2.56. The first kappa shape index (κ1) is 18.7. The van der Waals surface area contributed by atoms with Crippen molar-refractivity contribution in [1.82, 2.24) is 15.5 Å². The normalized spacial score (nSPS) is 18.8. The number of alkyl halides is 3. The fourth-order valence-corrected chi connectivity index (χ4v) is 3.02. The van der Waals surface area contributed by atoms with Gasteiger partial charge in [-0.1, -0.05) is 37.3 Å². The molecule has 1 aliphatic heterocycles. The molecule has 7 heteroatoms. The van der Waals surface area contributed by atoms with Crippen molar-refractivity contribution in [1.29, 1.82) is 0 Å². The molecule has 1 heterocycles. The topological polar surface area (TPSA) is 44.4 Å². The van der Waals surface area contributed by atoms with Gasteiger partial charge in [0.15, 0.2) is 0 Å². The maximum Gasteiger partial charge on any atom is 0.405 e. The Morgan fingerprint density at radius 2 is 1.88 bits per heavy atom. The number of carbonyl (C=O) groups excluding carboxylic acids is 1. The van der Waals surface area contributed by atoms with Crippen LogP contribution in [-0.2, 0) is 4.79 Å². The van der Waals surface area contributed by atoms with E-state index >= 15 is 0 Å². The monoisotopic (exact) mass is 343 g/mol. The Labute approximate surface area is 140 Å². The van der Waals surface area contributed by atoms with Crippen molar-refractivity contribution in [2.75, 3.05) is 32.7 Å². The van der Waals surface area contributed by atoms with E-state index in [1.807, 2.05) is 37.3 Å². The van der Waals surface area contributed by atoms with E-state index in [4.69, 9.17) is 0 Å². The standard InChI is InChI=1S/C17H24F3N3O/c1-2-14(13-6-4-3-5-7-13)16(24)22-12-15(17(18,19)20)23-10-8-21-9-11-23/h3-7,14-15,21H,2,8-12H2,1H3,(H,22,24). The van der Waals surface area contributed by atoms with Crippen molar-refractivity contribution < 1.29 is 18.0 Å². The first-order valence-corrected chi connectivity index (χ1v) is 8.27. The third-order valence-corrected chi connectivity index (χ3v) is 4.37. The lowest BCUT2D eigenvalue weighted by Gasteiger charge is -2.36. The molecule has 0 aromatic heterocycles. The van der Waals surface area contributed by atoms with E-state index < -0.39 is 24.7 Å². The van der Waals surface area contributed by atoms with E-state index in [0.717, 1.165) is 5.56 Å². The fraction of sp³-hybridized carbons (Fsp3) is 0.588. The van der Waals surface area contributed by atoms with Crippen LogP contribution in [-0.4, -0.2) is 55.7 Å². The molecule has 2 unspecified atom stereocenters. The molecule has 2 atom stereocenters. The molecule has 0 aliphatic carbocycles. The van der Waals surface area contributed by atoms with Crippen LogP contribution in [0, 0.1) is 0 Å². The Bertz CT molecular complexity index is 516. The summed E-state index contributed by atoms with van der Waals surface area (Å²) in [6.07, 6.45) is -3.82. The van der Waals surface area contributed by atoms with Crippen LogP contribution in [0.15, 0.2) is 30.3 Å². The summed E-state index contributed by atoms with van der Waals surface area (Å²) < 4.78 is 40.0. The lowest BCUT2D eigenvalue weighted by atomic mass is 9.95. The molecule has 4 nitrogen and oxygen atoms in total. The number of carbonyl (C=O) groups is 1. The molecule has 0 spiro atoms. The van der Waals surface area contributed by atoms with Crippen LogP contribution in [0.3, 0.4) is 0 Å². The van der Waals surface area contributed by atoms with Crippen LogP contribution in [0.25, 0.3) is 0 Å². The molecule has 24 heavy (non-hydrogen) atoms. The molecule has 1 amide bonds. The second kappa shape index (κ2) is 8.48. The number of halogens is 3. The molecule has 0 radical (unpaired) electrons. The number of hydrogen-bond donors (Lipinski definition) is 2. The van der Waals surface area contributed by atoms with Crippen LogP contribution >= 0.6 is 0 Å². The van der Waals surface area contributed by atoms with Crippen LogP contribution in [0.2, 0.25) is 0 Å².